The molecule has 2 N–H and O–H groups in total. The van der Waals surface area contributed by atoms with Crippen molar-refractivity contribution in [2.45, 2.75) is 36.0 Å². The van der Waals surface area contributed by atoms with E-state index in [4.69, 9.17) is 16.3 Å². The van der Waals surface area contributed by atoms with E-state index < -0.39 is 12.1 Å². The lowest BCUT2D eigenvalue weighted by Crippen LogP contribution is -2.42. The molecule has 2 unspecified atom stereocenters. The molecule has 10 heteroatoms. The number of thiophene rings is 1. The van der Waals surface area contributed by atoms with Gasteiger partial charge in [0.25, 0.3) is 0 Å². The van der Waals surface area contributed by atoms with E-state index in [2.05, 4.69) is 9.88 Å². The molecule has 1 aromatic carbocycles. The summed E-state index contributed by atoms with van der Waals surface area (Å²) in [5.41, 5.74) is 1.37. The highest BCUT2D eigenvalue weighted by molar-refractivity contribution is 8.01. The van der Waals surface area contributed by atoms with Gasteiger partial charge in [-0.1, -0.05) is 11.6 Å². The van der Waals surface area contributed by atoms with Crippen molar-refractivity contribution in [2.75, 3.05) is 32.5 Å². The summed E-state index contributed by atoms with van der Waals surface area (Å²) in [5.74, 6) is 0.708. The summed E-state index contributed by atoms with van der Waals surface area (Å²) in [7, 11) is 1.59. The quantitative estimate of drug-likeness (QED) is 0.277. The molecule has 0 radical (unpaired) electrons. The van der Waals surface area contributed by atoms with E-state index in [1.54, 1.807) is 31.1 Å². The van der Waals surface area contributed by atoms with Gasteiger partial charge in [-0.15, -0.1) is 23.1 Å². The normalized spacial score (nSPS) is 19.4. The van der Waals surface area contributed by atoms with Crippen molar-refractivity contribution in [3.8, 4) is 5.75 Å². The molecule has 3 aromatic rings. The van der Waals surface area contributed by atoms with Gasteiger partial charge in [-0.2, -0.15) is 0 Å². The summed E-state index contributed by atoms with van der Waals surface area (Å²) in [5, 5.41) is 23.3. The molecular formula is C26H30ClFN2O4S2. The van der Waals surface area contributed by atoms with Crippen LogP contribution in [0.2, 0.25) is 5.02 Å². The summed E-state index contributed by atoms with van der Waals surface area (Å²) < 4.78 is 19.5. The van der Waals surface area contributed by atoms with Crippen molar-refractivity contribution in [3.63, 3.8) is 0 Å². The minimum atomic E-state index is -0.800. The number of piperidine rings is 1. The molecule has 0 saturated carbocycles. The Balaban J connectivity index is 1.38. The first kappa shape index (κ1) is 27.1. The standard InChI is InChI=1S/C26H30ClFN2O4S2/c1-34-19-3-4-22-20(12-19)26(21(27)13-29-22)23(31)5-2-16-6-7-30(14-17(16)10-24(32)33)8-9-35-25-11-18(28)15-36-25/h3-4,11-13,15-17,23,31H,2,5-10,14H2,1H3,(H,32,33)/t16?,17?,23-/m1/s1. The predicted molar refractivity (Wildman–Crippen MR) is 143 cm³/mol. The Morgan fingerprint density at radius 2 is 2.22 bits per heavy atom. The van der Waals surface area contributed by atoms with Gasteiger partial charge >= 0.3 is 5.97 Å². The number of likely N-dealkylation sites (tertiary alicyclic amines) is 1. The Bertz CT molecular complexity index is 1190. The van der Waals surface area contributed by atoms with Crippen LogP contribution >= 0.6 is 34.7 Å². The molecule has 36 heavy (non-hydrogen) atoms. The maximum atomic E-state index is 13.2. The van der Waals surface area contributed by atoms with Gasteiger partial charge in [-0.05, 0) is 61.9 Å². The summed E-state index contributed by atoms with van der Waals surface area (Å²) in [6, 6.07) is 7.04. The highest BCUT2D eigenvalue weighted by Crippen LogP contribution is 2.37. The van der Waals surface area contributed by atoms with E-state index in [1.165, 1.54) is 16.7 Å². The molecule has 3 atom stereocenters. The first-order valence-corrected chi connectivity index (χ1v) is 14.2. The Labute approximate surface area is 223 Å². The number of aliphatic carboxylic acids is 1. The van der Waals surface area contributed by atoms with Crippen molar-refractivity contribution < 1.29 is 24.1 Å². The van der Waals surface area contributed by atoms with Crippen LogP contribution in [0.5, 0.6) is 5.75 Å². The van der Waals surface area contributed by atoms with E-state index in [0.29, 0.717) is 35.7 Å². The molecule has 0 amide bonds. The lowest BCUT2D eigenvalue weighted by Gasteiger charge is -2.38. The topological polar surface area (TPSA) is 82.9 Å². The molecule has 2 aromatic heterocycles. The predicted octanol–water partition coefficient (Wildman–Crippen LogP) is 6.12. The number of hydrogen-bond acceptors (Lipinski definition) is 7. The Hall–Kier alpha value is -1.91. The highest BCUT2D eigenvalue weighted by Gasteiger charge is 2.31. The van der Waals surface area contributed by atoms with Gasteiger partial charge in [0.05, 0.1) is 28.0 Å². The third-order valence-corrected chi connectivity index (χ3v) is 9.25. The number of nitrogens with zero attached hydrogens (tertiary/aromatic N) is 2. The van der Waals surface area contributed by atoms with Crippen LogP contribution in [-0.2, 0) is 4.79 Å². The van der Waals surface area contributed by atoms with Gasteiger partial charge in [0.1, 0.15) is 11.6 Å². The number of fused-ring (bicyclic) bond motifs is 1. The number of halogens is 2. The molecule has 0 aliphatic carbocycles. The maximum Gasteiger partial charge on any atom is 0.303 e. The van der Waals surface area contributed by atoms with Gasteiger partial charge in [0, 0.05) is 47.8 Å². The number of benzene rings is 1. The fraction of sp³-hybridized carbons (Fsp3) is 0.462. The zero-order valence-corrected chi connectivity index (χ0v) is 22.4. The second-order valence-corrected chi connectivity index (χ2v) is 11.8. The van der Waals surface area contributed by atoms with Crippen molar-refractivity contribution in [1.29, 1.82) is 0 Å². The largest absolute Gasteiger partial charge is 0.497 e. The number of thioether (sulfide) groups is 1. The zero-order chi connectivity index (χ0) is 25.7. The summed E-state index contributed by atoms with van der Waals surface area (Å²) in [6.45, 7) is 2.42. The lowest BCUT2D eigenvalue weighted by atomic mass is 9.79. The molecule has 0 spiro atoms. The number of aliphatic hydroxyl groups is 1. The fourth-order valence-electron chi connectivity index (χ4n) is 4.99. The average Bonchev–Trinajstić information content (AvgIpc) is 3.27. The summed E-state index contributed by atoms with van der Waals surface area (Å²) in [4.78, 5) is 18.3. The lowest BCUT2D eigenvalue weighted by molar-refractivity contribution is -0.139. The van der Waals surface area contributed by atoms with Gasteiger partial charge in [-0.3, -0.25) is 9.78 Å². The Morgan fingerprint density at radius 1 is 1.39 bits per heavy atom. The summed E-state index contributed by atoms with van der Waals surface area (Å²) in [6.07, 6.45) is 2.94. The molecule has 1 aliphatic heterocycles. The van der Waals surface area contributed by atoms with Crippen molar-refractivity contribution in [3.05, 3.63) is 52.2 Å². The highest BCUT2D eigenvalue weighted by atomic mass is 35.5. The van der Waals surface area contributed by atoms with Crippen LogP contribution in [0.3, 0.4) is 0 Å². The number of carboxylic acid groups (broad SMARTS) is 1. The average molecular weight is 553 g/mol. The van der Waals surface area contributed by atoms with E-state index in [-0.39, 0.29) is 24.1 Å². The number of aliphatic hydroxyl groups excluding tert-OH is 1. The minimum Gasteiger partial charge on any atom is -0.497 e. The fourth-order valence-corrected chi connectivity index (χ4v) is 7.16. The molecule has 1 saturated heterocycles. The van der Waals surface area contributed by atoms with Crippen molar-refractivity contribution in [2.24, 2.45) is 11.8 Å². The number of methoxy groups -OCH3 is 1. The van der Waals surface area contributed by atoms with E-state index in [1.807, 2.05) is 18.2 Å². The SMILES string of the molecule is COc1ccc2ncc(Cl)c([C@H](O)CCC3CCN(CCSc4cc(F)cs4)CC3CC(=O)O)c2c1. The number of rotatable bonds is 11. The second-order valence-electron chi connectivity index (χ2n) is 9.14. The van der Waals surface area contributed by atoms with Crippen LogP contribution in [0.1, 0.15) is 37.4 Å². The van der Waals surface area contributed by atoms with Crippen LogP contribution in [0.15, 0.2) is 40.1 Å². The second kappa shape index (κ2) is 12.6. The zero-order valence-electron chi connectivity index (χ0n) is 20.0. The third-order valence-electron chi connectivity index (χ3n) is 6.82. The molecule has 4 rings (SSSR count). The van der Waals surface area contributed by atoms with Gasteiger partial charge < -0.3 is 19.8 Å². The molecule has 194 valence electrons. The summed E-state index contributed by atoms with van der Waals surface area (Å²) >= 11 is 9.49. The molecule has 3 heterocycles. The molecule has 1 fully saturated rings. The minimum absolute atomic E-state index is 0.0115. The van der Waals surface area contributed by atoms with E-state index in [9.17, 15) is 19.4 Å². The number of carboxylic acids is 1. The first-order chi connectivity index (χ1) is 17.3. The van der Waals surface area contributed by atoms with Crippen LogP contribution in [0.4, 0.5) is 4.39 Å². The monoisotopic (exact) mass is 552 g/mol. The smallest absolute Gasteiger partial charge is 0.303 e. The van der Waals surface area contributed by atoms with Gasteiger partial charge in [-0.25, -0.2) is 4.39 Å². The maximum absolute atomic E-state index is 13.2. The number of pyridine rings is 1. The number of ether oxygens (including phenoxy) is 1. The van der Waals surface area contributed by atoms with Crippen LogP contribution in [0.25, 0.3) is 10.9 Å². The first-order valence-electron chi connectivity index (χ1n) is 11.9. The van der Waals surface area contributed by atoms with Crippen LogP contribution in [0, 0.1) is 17.7 Å². The van der Waals surface area contributed by atoms with Crippen molar-refractivity contribution >= 4 is 51.6 Å². The van der Waals surface area contributed by atoms with Gasteiger partial charge in [0.15, 0.2) is 0 Å². The van der Waals surface area contributed by atoms with Crippen LogP contribution < -0.4 is 4.74 Å². The van der Waals surface area contributed by atoms with Crippen LogP contribution in [-0.4, -0.2) is 58.6 Å². The molecule has 1 aliphatic rings. The Kier molecular flexibility index (Phi) is 9.47. The van der Waals surface area contributed by atoms with E-state index in [0.717, 1.165) is 40.4 Å². The number of carbonyl (C=O) groups is 1. The molecular weight excluding hydrogens is 523 g/mol. The third kappa shape index (κ3) is 6.89. The molecule has 6 nitrogen and oxygen atoms in total. The van der Waals surface area contributed by atoms with Crippen molar-refractivity contribution in [1.82, 2.24) is 9.88 Å². The number of hydrogen-bond donors (Lipinski definition) is 2. The van der Waals surface area contributed by atoms with Gasteiger partial charge in [0.2, 0.25) is 0 Å². The van der Waals surface area contributed by atoms with E-state index >= 15 is 0 Å². The number of aromatic nitrogens is 1. The molecule has 0 bridgehead atoms. The Morgan fingerprint density at radius 3 is 2.94 bits per heavy atom.